The number of carboxylic acid groups (broad SMARTS) is 1. The third-order valence-corrected chi connectivity index (χ3v) is 4.27. The number of nitrogens with zero attached hydrogens (tertiary/aromatic N) is 1. The maximum Gasteiger partial charge on any atom is 0.419 e. The van der Waals surface area contributed by atoms with Crippen molar-refractivity contribution in [1.82, 2.24) is 0 Å². The lowest BCUT2D eigenvalue weighted by molar-refractivity contribution is -0.154. The molecule has 0 unspecified atom stereocenters. The van der Waals surface area contributed by atoms with Crippen LogP contribution in [0.3, 0.4) is 0 Å². The van der Waals surface area contributed by atoms with E-state index in [1.807, 2.05) is 0 Å². The lowest BCUT2D eigenvalue weighted by atomic mass is 10.1. The number of carbonyl (C=O) groups excluding carboxylic acids is 2. The largest absolute Gasteiger partial charge is 0.479 e. The Labute approximate surface area is 184 Å². The summed E-state index contributed by atoms with van der Waals surface area (Å²) in [5.41, 5.74) is 0.0866. The zero-order chi connectivity index (χ0) is 22.5. The number of anilines is 2. The Hall–Kier alpha value is -2.77. The normalized spacial score (nSPS) is 11.0. The predicted molar refractivity (Wildman–Crippen MR) is 114 cm³/mol. The van der Waals surface area contributed by atoms with Crippen LogP contribution in [0.4, 0.5) is 16.2 Å². The van der Waals surface area contributed by atoms with Gasteiger partial charge >= 0.3 is 18.0 Å². The number of hydrogen-bond donors (Lipinski definition) is 1. The van der Waals surface area contributed by atoms with Crippen LogP contribution in [-0.2, 0) is 25.5 Å². The highest BCUT2D eigenvalue weighted by atomic mass is 35.5. The van der Waals surface area contributed by atoms with Gasteiger partial charge in [0.05, 0.1) is 27.8 Å². The van der Waals surface area contributed by atoms with E-state index in [1.54, 1.807) is 63.2 Å². The molecule has 0 atom stereocenters. The summed E-state index contributed by atoms with van der Waals surface area (Å²) in [5.74, 6) is -2.03. The maximum absolute atomic E-state index is 13.1. The van der Waals surface area contributed by atoms with Crippen molar-refractivity contribution in [2.75, 3.05) is 11.5 Å². The van der Waals surface area contributed by atoms with Crippen LogP contribution in [0.15, 0.2) is 42.5 Å². The van der Waals surface area contributed by atoms with Crippen LogP contribution in [0.25, 0.3) is 0 Å². The van der Waals surface area contributed by atoms with Gasteiger partial charge < -0.3 is 14.6 Å². The second-order valence-corrected chi connectivity index (χ2v) is 8.06. The van der Waals surface area contributed by atoms with Crippen molar-refractivity contribution in [1.29, 1.82) is 0 Å². The molecule has 2 aromatic carbocycles. The van der Waals surface area contributed by atoms with Crippen LogP contribution >= 0.6 is 23.2 Å². The summed E-state index contributed by atoms with van der Waals surface area (Å²) in [7, 11) is 0. The molecule has 30 heavy (non-hydrogen) atoms. The third kappa shape index (κ3) is 6.37. The molecule has 0 bridgehead atoms. The molecule has 0 saturated carbocycles. The maximum atomic E-state index is 13.1. The number of rotatable bonds is 6. The van der Waals surface area contributed by atoms with Gasteiger partial charge in [-0.25, -0.2) is 14.5 Å². The minimum atomic E-state index is -1.27. The van der Waals surface area contributed by atoms with Gasteiger partial charge in [-0.2, -0.15) is 0 Å². The first-order valence-corrected chi connectivity index (χ1v) is 9.67. The lowest BCUT2D eigenvalue weighted by Crippen LogP contribution is -2.34. The van der Waals surface area contributed by atoms with Crippen molar-refractivity contribution in [2.24, 2.45) is 0 Å². The van der Waals surface area contributed by atoms with E-state index in [2.05, 4.69) is 0 Å². The number of ether oxygens (including phenoxy) is 2. The van der Waals surface area contributed by atoms with E-state index in [1.165, 1.54) is 4.90 Å². The minimum absolute atomic E-state index is 0.196. The fourth-order valence-electron chi connectivity index (χ4n) is 2.55. The van der Waals surface area contributed by atoms with Gasteiger partial charge in [-0.3, -0.25) is 4.79 Å². The zero-order valence-corrected chi connectivity index (χ0v) is 18.2. The van der Waals surface area contributed by atoms with Crippen molar-refractivity contribution in [3.05, 3.63) is 58.1 Å². The highest BCUT2D eigenvalue weighted by Crippen LogP contribution is 2.40. The molecule has 0 aliphatic rings. The van der Waals surface area contributed by atoms with Gasteiger partial charge in [0.2, 0.25) is 0 Å². The molecule has 0 aromatic heterocycles. The van der Waals surface area contributed by atoms with Crippen LogP contribution < -0.4 is 4.90 Å². The van der Waals surface area contributed by atoms with Crippen LogP contribution in [-0.4, -0.2) is 35.3 Å². The van der Waals surface area contributed by atoms with E-state index in [9.17, 15) is 14.4 Å². The number of carbonyl (C=O) groups is 3. The Balaban J connectivity index is 2.53. The standard InChI is InChI=1S/C21H21Cl2NO6/c1-21(2,3)30-20(28)24(19-14(22)8-6-9-15(19)23)16-10-5-4-7-13(16)11-18(27)29-12-17(25)26/h4-10H,11-12H2,1-3H3,(H,25,26). The molecular weight excluding hydrogens is 433 g/mol. The molecule has 1 amide bonds. The second-order valence-electron chi connectivity index (χ2n) is 7.25. The van der Waals surface area contributed by atoms with Gasteiger partial charge in [0, 0.05) is 0 Å². The van der Waals surface area contributed by atoms with Gasteiger partial charge in [-0.05, 0) is 44.5 Å². The summed E-state index contributed by atoms with van der Waals surface area (Å²) in [6.07, 6.45) is -1.02. The van der Waals surface area contributed by atoms with E-state index in [0.717, 1.165) is 0 Å². The summed E-state index contributed by atoms with van der Waals surface area (Å²) < 4.78 is 10.2. The first-order valence-electron chi connectivity index (χ1n) is 8.92. The van der Waals surface area contributed by atoms with Gasteiger partial charge in [0.25, 0.3) is 0 Å². The second kappa shape index (κ2) is 9.82. The third-order valence-electron chi connectivity index (χ3n) is 3.66. The molecule has 0 aliphatic heterocycles. The topological polar surface area (TPSA) is 93.1 Å². The van der Waals surface area contributed by atoms with Crippen molar-refractivity contribution in [2.45, 2.75) is 32.8 Å². The monoisotopic (exact) mass is 453 g/mol. The van der Waals surface area contributed by atoms with E-state index in [0.29, 0.717) is 11.3 Å². The molecule has 0 spiro atoms. The SMILES string of the molecule is CC(C)(C)OC(=O)N(c1ccccc1CC(=O)OCC(=O)O)c1c(Cl)cccc1Cl. The van der Waals surface area contributed by atoms with Gasteiger partial charge in [0.15, 0.2) is 6.61 Å². The number of benzene rings is 2. The molecule has 0 saturated heterocycles. The molecule has 9 heteroatoms. The Morgan fingerprint density at radius 1 is 1.00 bits per heavy atom. The Morgan fingerprint density at radius 2 is 1.60 bits per heavy atom. The number of para-hydroxylation sites is 2. The molecule has 160 valence electrons. The highest BCUT2D eigenvalue weighted by Gasteiger charge is 2.30. The highest BCUT2D eigenvalue weighted by molar-refractivity contribution is 6.40. The van der Waals surface area contributed by atoms with Crippen LogP contribution in [0.5, 0.6) is 0 Å². The summed E-state index contributed by atoms with van der Waals surface area (Å²) in [4.78, 5) is 37.0. The Bertz CT molecular complexity index is 935. The summed E-state index contributed by atoms with van der Waals surface area (Å²) >= 11 is 12.7. The average molecular weight is 454 g/mol. The number of aliphatic carboxylic acids is 1. The van der Waals surface area contributed by atoms with Crippen molar-refractivity contribution < 1.29 is 29.0 Å². The van der Waals surface area contributed by atoms with Gasteiger partial charge in [-0.15, -0.1) is 0 Å². The van der Waals surface area contributed by atoms with E-state index >= 15 is 0 Å². The van der Waals surface area contributed by atoms with E-state index < -0.39 is 30.2 Å². The van der Waals surface area contributed by atoms with Crippen molar-refractivity contribution in [3.8, 4) is 0 Å². The lowest BCUT2D eigenvalue weighted by Gasteiger charge is -2.30. The van der Waals surface area contributed by atoms with Crippen molar-refractivity contribution in [3.63, 3.8) is 0 Å². The number of esters is 1. The van der Waals surface area contributed by atoms with Gasteiger partial charge in [-0.1, -0.05) is 47.5 Å². The molecule has 0 fully saturated rings. The Morgan fingerprint density at radius 3 is 2.17 bits per heavy atom. The number of carboxylic acids is 1. The van der Waals surface area contributed by atoms with Crippen LogP contribution in [0.1, 0.15) is 26.3 Å². The summed E-state index contributed by atoms with van der Waals surface area (Å²) in [6, 6.07) is 11.3. The minimum Gasteiger partial charge on any atom is -0.479 e. The number of hydrogen-bond acceptors (Lipinski definition) is 5. The summed E-state index contributed by atoms with van der Waals surface area (Å²) in [6.45, 7) is 4.39. The van der Waals surface area contributed by atoms with Crippen molar-refractivity contribution >= 4 is 52.6 Å². The number of amides is 1. The number of halogens is 2. The van der Waals surface area contributed by atoms with Crippen LogP contribution in [0.2, 0.25) is 10.0 Å². The quantitative estimate of drug-likeness (QED) is 0.601. The molecule has 0 heterocycles. The van der Waals surface area contributed by atoms with Crippen LogP contribution in [0, 0.1) is 0 Å². The molecule has 0 radical (unpaired) electrons. The first kappa shape index (κ1) is 23.5. The molecule has 2 aromatic rings. The molecular formula is C21H21Cl2NO6. The molecule has 7 nitrogen and oxygen atoms in total. The zero-order valence-electron chi connectivity index (χ0n) is 16.6. The molecule has 2 rings (SSSR count). The Kier molecular flexibility index (Phi) is 7.70. The van der Waals surface area contributed by atoms with E-state index in [-0.39, 0.29) is 22.2 Å². The summed E-state index contributed by atoms with van der Waals surface area (Å²) in [5, 5.41) is 9.10. The average Bonchev–Trinajstić information content (AvgIpc) is 2.62. The fourth-order valence-corrected chi connectivity index (χ4v) is 3.11. The molecule has 0 aliphatic carbocycles. The predicted octanol–water partition coefficient (Wildman–Crippen LogP) is 5.24. The van der Waals surface area contributed by atoms with E-state index in [4.69, 9.17) is 37.8 Å². The fraction of sp³-hybridized carbons (Fsp3) is 0.286. The smallest absolute Gasteiger partial charge is 0.419 e. The first-order chi connectivity index (χ1) is 14.0. The molecule has 1 N–H and O–H groups in total. The van der Waals surface area contributed by atoms with Gasteiger partial charge in [0.1, 0.15) is 5.60 Å².